The Balaban J connectivity index is 2.79. The zero-order valence-electron chi connectivity index (χ0n) is 11.2. The Morgan fingerprint density at radius 1 is 1.33 bits per heavy atom. The third kappa shape index (κ3) is 4.07. The molecule has 0 aliphatic heterocycles. The van der Waals surface area contributed by atoms with Crippen molar-refractivity contribution in [1.29, 1.82) is 0 Å². The predicted molar refractivity (Wildman–Crippen MR) is 68.9 cm³/mol. The molecule has 1 heterocycles. The van der Waals surface area contributed by atoms with Crippen LogP contribution < -0.4 is 0 Å². The lowest BCUT2D eigenvalue weighted by atomic mass is 10.2. The van der Waals surface area contributed by atoms with Crippen LogP contribution in [0.3, 0.4) is 0 Å². The van der Waals surface area contributed by atoms with Crippen LogP contribution in [0.1, 0.15) is 23.7 Å². The van der Waals surface area contributed by atoms with E-state index in [4.69, 9.17) is 0 Å². The Kier molecular flexibility index (Phi) is 5.71. The van der Waals surface area contributed by atoms with Crippen LogP contribution >= 0.6 is 0 Å². The Labute approximate surface area is 107 Å². The molecule has 0 N–H and O–H groups in total. The highest BCUT2D eigenvalue weighted by Gasteiger charge is 2.18. The smallest absolute Gasteiger partial charge is 0.258 e. The number of rotatable bonds is 6. The number of nitrogens with zero attached hydrogens (tertiary/aromatic N) is 3. The van der Waals surface area contributed by atoms with Gasteiger partial charge >= 0.3 is 0 Å². The number of likely N-dealkylation sites (N-methyl/N-ethyl adjacent to an activating group) is 1. The topological polar surface area (TPSA) is 36.4 Å². The molecule has 1 amide bonds. The van der Waals surface area contributed by atoms with Crippen LogP contribution in [0.15, 0.2) is 18.3 Å². The minimum absolute atomic E-state index is 0.0460. The minimum atomic E-state index is -0.701. The van der Waals surface area contributed by atoms with E-state index in [9.17, 15) is 9.18 Å². The van der Waals surface area contributed by atoms with Crippen molar-refractivity contribution >= 4 is 5.91 Å². The van der Waals surface area contributed by atoms with Crippen molar-refractivity contribution in [2.24, 2.45) is 0 Å². The number of pyridine rings is 1. The van der Waals surface area contributed by atoms with Gasteiger partial charge in [-0.15, -0.1) is 0 Å². The maximum atomic E-state index is 13.5. The van der Waals surface area contributed by atoms with E-state index in [2.05, 4.69) is 4.98 Å². The second-order valence-corrected chi connectivity index (χ2v) is 4.44. The fourth-order valence-corrected chi connectivity index (χ4v) is 1.62. The molecule has 0 aliphatic carbocycles. The second kappa shape index (κ2) is 7.06. The molecule has 0 fully saturated rings. The first kappa shape index (κ1) is 14.6. The van der Waals surface area contributed by atoms with Gasteiger partial charge in [0.25, 0.3) is 5.91 Å². The average Bonchev–Trinajstić information content (AvgIpc) is 2.34. The molecule has 100 valence electrons. The molecule has 1 rings (SSSR count). The van der Waals surface area contributed by atoms with E-state index >= 15 is 0 Å². The number of hydrogen-bond donors (Lipinski definition) is 0. The Morgan fingerprint density at radius 3 is 2.61 bits per heavy atom. The molecule has 0 aromatic carbocycles. The highest BCUT2D eigenvalue weighted by Crippen LogP contribution is 2.08. The molecule has 0 bridgehead atoms. The highest BCUT2D eigenvalue weighted by molar-refractivity contribution is 5.94. The Morgan fingerprint density at radius 2 is 2.06 bits per heavy atom. The summed E-state index contributed by atoms with van der Waals surface area (Å²) in [6, 6.07) is 3.05. The van der Waals surface area contributed by atoms with Crippen LogP contribution in [-0.4, -0.2) is 54.4 Å². The summed E-state index contributed by atoms with van der Waals surface area (Å²) in [4.78, 5) is 19.4. The van der Waals surface area contributed by atoms with E-state index in [0.717, 1.165) is 13.0 Å². The van der Waals surface area contributed by atoms with Crippen molar-refractivity contribution in [2.75, 3.05) is 33.7 Å². The molecular formula is C13H20FN3O. The van der Waals surface area contributed by atoms with Gasteiger partial charge in [-0.3, -0.25) is 4.79 Å². The van der Waals surface area contributed by atoms with Crippen LogP contribution in [0.25, 0.3) is 0 Å². The molecule has 1 aromatic rings. The summed E-state index contributed by atoms with van der Waals surface area (Å²) in [5, 5.41) is 0. The van der Waals surface area contributed by atoms with Crippen LogP contribution in [-0.2, 0) is 0 Å². The molecule has 18 heavy (non-hydrogen) atoms. The molecule has 0 spiro atoms. The van der Waals surface area contributed by atoms with Gasteiger partial charge in [-0.2, -0.15) is 4.39 Å². The first-order chi connectivity index (χ1) is 8.56. The summed E-state index contributed by atoms with van der Waals surface area (Å²) in [5.41, 5.74) is 0.0460. The summed E-state index contributed by atoms with van der Waals surface area (Å²) in [6.07, 6.45) is 2.19. The minimum Gasteiger partial charge on any atom is -0.337 e. The van der Waals surface area contributed by atoms with E-state index in [0.29, 0.717) is 13.1 Å². The maximum absolute atomic E-state index is 13.5. The summed E-state index contributed by atoms with van der Waals surface area (Å²) >= 11 is 0. The summed E-state index contributed by atoms with van der Waals surface area (Å²) in [5.74, 6) is -0.988. The average molecular weight is 253 g/mol. The van der Waals surface area contributed by atoms with Gasteiger partial charge in [-0.1, -0.05) is 6.92 Å². The van der Waals surface area contributed by atoms with Gasteiger partial charge in [0.05, 0.1) is 5.56 Å². The van der Waals surface area contributed by atoms with E-state index in [1.807, 2.05) is 25.9 Å². The number of amides is 1. The van der Waals surface area contributed by atoms with Gasteiger partial charge < -0.3 is 9.80 Å². The molecule has 0 radical (unpaired) electrons. The van der Waals surface area contributed by atoms with E-state index in [1.165, 1.54) is 12.3 Å². The van der Waals surface area contributed by atoms with Crippen LogP contribution in [0.5, 0.6) is 0 Å². The third-order valence-electron chi connectivity index (χ3n) is 2.59. The SMILES string of the molecule is CCCN(CCN(C)C)C(=O)c1cccnc1F. The van der Waals surface area contributed by atoms with Crippen molar-refractivity contribution in [3.63, 3.8) is 0 Å². The summed E-state index contributed by atoms with van der Waals surface area (Å²) in [6.45, 7) is 3.97. The zero-order chi connectivity index (χ0) is 13.5. The standard InChI is InChI=1S/C13H20FN3O/c1-4-8-17(10-9-16(2)3)13(18)11-6-5-7-15-12(11)14/h5-7H,4,8-10H2,1-3H3. The fraction of sp³-hybridized carbons (Fsp3) is 0.538. The molecule has 4 nitrogen and oxygen atoms in total. The lowest BCUT2D eigenvalue weighted by Crippen LogP contribution is -2.37. The first-order valence-corrected chi connectivity index (χ1v) is 6.10. The van der Waals surface area contributed by atoms with Crippen molar-refractivity contribution in [3.05, 3.63) is 29.8 Å². The van der Waals surface area contributed by atoms with Gasteiger partial charge in [0, 0.05) is 25.8 Å². The van der Waals surface area contributed by atoms with Crippen molar-refractivity contribution in [1.82, 2.24) is 14.8 Å². The van der Waals surface area contributed by atoms with E-state index in [1.54, 1.807) is 11.0 Å². The maximum Gasteiger partial charge on any atom is 0.258 e. The molecular weight excluding hydrogens is 233 g/mol. The first-order valence-electron chi connectivity index (χ1n) is 6.10. The number of hydrogen-bond acceptors (Lipinski definition) is 3. The molecule has 0 saturated heterocycles. The highest BCUT2D eigenvalue weighted by atomic mass is 19.1. The molecule has 5 heteroatoms. The molecule has 1 aromatic heterocycles. The van der Waals surface area contributed by atoms with Gasteiger partial charge in [0.2, 0.25) is 5.95 Å². The third-order valence-corrected chi connectivity index (χ3v) is 2.59. The van der Waals surface area contributed by atoms with Gasteiger partial charge in [0.15, 0.2) is 0 Å². The number of carbonyl (C=O) groups is 1. The normalized spacial score (nSPS) is 10.7. The van der Waals surface area contributed by atoms with Crippen molar-refractivity contribution < 1.29 is 9.18 Å². The van der Waals surface area contributed by atoms with Crippen LogP contribution in [0.4, 0.5) is 4.39 Å². The Bertz CT molecular complexity index is 396. The Hall–Kier alpha value is -1.49. The number of aromatic nitrogens is 1. The molecule has 0 saturated carbocycles. The summed E-state index contributed by atoms with van der Waals surface area (Å²) < 4.78 is 13.5. The van der Waals surface area contributed by atoms with Crippen molar-refractivity contribution in [3.8, 4) is 0 Å². The molecule has 0 unspecified atom stereocenters. The lowest BCUT2D eigenvalue weighted by molar-refractivity contribution is 0.0739. The monoisotopic (exact) mass is 253 g/mol. The van der Waals surface area contributed by atoms with E-state index < -0.39 is 5.95 Å². The number of halogens is 1. The quantitative estimate of drug-likeness (QED) is 0.723. The second-order valence-electron chi connectivity index (χ2n) is 4.44. The van der Waals surface area contributed by atoms with Crippen LogP contribution in [0.2, 0.25) is 0 Å². The molecule has 0 aliphatic rings. The van der Waals surface area contributed by atoms with Gasteiger partial charge in [-0.05, 0) is 32.6 Å². The number of carbonyl (C=O) groups excluding carboxylic acids is 1. The molecule has 0 atom stereocenters. The van der Waals surface area contributed by atoms with Crippen molar-refractivity contribution in [2.45, 2.75) is 13.3 Å². The zero-order valence-corrected chi connectivity index (χ0v) is 11.2. The summed E-state index contributed by atoms with van der Waals surface area (Å²) in [7, 11) is 3.89. The van der Waals surface area contributed by atoms with Gasteiger partial charge in [0.1, 0.15) is 0 Å². The fourth-order valence-electron chi connectivity index (χ4n) is 1.62. The largest absolute Gasteiger partial charge is 0.337 e. The lowest BCUT2D eigenvalue weighted by Gasteiger charge is -2.24. The van der Waals surface area contributed by atoms with Crippen LogP contribution in [0, 0.1) is 5.95 Å². The predicted octanol–water partition coefficient (Wildman–Crippen LogP) is 1.63. The van der Waals surface area contributed by atoms with Gasteiger partial charge in [-0.25, -0.2) is 4.98 Å². The van der Waals surface area contributed by atoms with E-state index in [-0.39, 0.29) is 11.5 Å².